The molecule has 2 aromatic carbocycles. The SMILES string of the molecule is Cc1cccc(C(C)C)c1NC(=O)CN1C(=O)c2cccc(F)c2C1=O. The number of carbonyl (C=O) groups excluding carboxylic acids is 3. The molecule has 1 aliphatic rings. The molecule has 0 saturated carbocycles. The number of para-hydroxylation sites is 1. The van der Waals surface area contributed by atoms with E-state index in [1.807, 2.05) is 39.0 Å². The number of hydrogen-bond acceptors (Lipinski definition) is 3. The van der Waals surface area contributed by atoms with Crippen LogP contribution in [-0.2, 0) is 4.79 Å². The minimum Gasteiger partial charge on any atom is -0.324 e. The summed E-state index contributed by atoms with van der Waals surface area (Å²) in [6.45, 7) is 5.44. The standard InChI is InChI=1S/C20H19FN2O3/c1-11(2)13-7-4-6-12(3)18(13)22-16(24)10-23-19(25)14-8-5-9-15(21)17(14)20(23)26/h4-9,11H,10H2,1-3H3,(H,22,24). The second kappa shape index (κ2) is 6.71. The van der Waals surface area contributed by atoms with E-state index in [0.717, 1.165) is 22.1 Å². The van der Waals surface area contributed by atoms with E-state index in [1.165, 1.54) is 12.1 Å². The van der Waals surface area contributed by atoms with Crippen LogP contribution >= 0.6 is 0 Å². The van der Waals surface area contributed by atoms with Crippen LogP contribution in [0.2, 0.25) is 0 Å². The molecular formula is C20H19FN2O3. The van der Waals surface area contributed by atoms with E-state index in [0.29, 0.717) is 5.69 Å². The number of rotatable bonds is 4. The summed E-state index contributed by atoms with van der Waals surface area (Å²) >= 11 is 0. The Morgan fingerprint density at radius 2 is 1.81 bits per heavy atom. The van der Waals surface area contributed by atoms with Crippen molar-refractivity contribution in [1.29, 1.82) is 0 Å². The van der Waals surface area contributed by atoms with Gasteiger partial charge in [0, 0.05) is 5.69 Å². The fourth-order valence-corrected chi connectivity index (χ4v) is 3.10. The lowest BCUT2D eigenvalue weighted by molar-refractivity contribution is -0.116. The Balaban J connectivity index is 1.82. The Hall–Kier alpha value is -3.02. The molecule has 134 valence electrons. The molecule has 26 heavy (non-hydrogen) atoms. The van der Waals surface area contributed by atoms with Crippen LogP contribution in [-0.4, -0.2) is 29.2 Å². The van der Waals surface area contributed by atoms with Crippen molar-refractivity contribution in [1.82, 2.24) is 4.90 Å². The molecule has 1 aliphatic heterocycles. The third kappa shape index (κ3) is 2.98. The lowest BCUT2D eigenvalue weighted by Crippen LogP contribution is -2.37. The van der Waals surface area contributed by atoms with Crippen LogP contribution in [0.1, 0.15) is 51.6 Å². The molecular weight excluding hydrogens is 335 g/mol. The molecule has 5 nitrogen and oxygen atoms in total. The number of aryl methyl sites for hydroxylation is 1. The third-order valence-corrected chi connectivity index (χ3v) is 4.44. The summed E-state index contributed by atoms with van der Waals surface area (Å²) < 4.78 is 13.9. The first kappa shape index (κ1) is 17.8. The average Bonchev–Trinajstić information content (AvgIpc) is 2.82. The Kier molecular flexibility index (Phi) is 4.59. The summed E-state index contributed by atoms with van der Waals surface area (Å²) in [5, 5.41) is 2.79. The van der Waals surface area contributed by atoms with E-state index in [4.69, 9.17) is 0 Å². The molecule has 0 bridgehead atoms. The molecule has 0 spiro atoms. The minimum atomic E-state index is -0.785. The van der Waals surface area contributed by atoms with Gasteiger partial charge in [-0.25, -0.2) is 4.39 Å². The number of nitrogens with one attached hydrogen (secondary N) is 1. The zero-order chi connectivity index (χ0) is 19.0. The number of halogens is 1. The van der Waals surface area contributed by atoms with Gasteiger partial charge in [-0.2, -0.15) is 0 Å². The highest BCUT2D eigenvalue weighted by Crippen LogP contribution is 2.28. The van der Waals surface area contributed by atoms with Gasteiger partial charge in [0.25, 0.3) is 11.8 Å². The maximum atomic E-state index is 13.9. The number of fused-ring (bicyclic) bond motifs is 1. The Morgan fingerprint density at radius 1 is 1.12 bits per heavy atom. The number of anilines is 1. The van der Waals surface area contributed by atoms with Gasteiger partial charge >= 0.3 is 0 Å². The number of hydrogen-bond donors (Lipinski definition) is 1. The van der Waals surface area contributed by atoms with Gasteiger partial charge in [-0.15, -0.1) is 0 Å². The quantitative estimate of drug-likeness (QED) is 0.855. The van der Waals surface area contributed by atoms with E-state index < -0.39 is 30.1 Å². The topological polar surface area (TPSA) is 66.5 Å². The van der Waals surface area contributed by atoms with E-state index in [9.17, 15) is 18.8 Å². The first-order valence-electron chi connectivity index (χ1n) is 8.35. The van der Waals surface area contributed by atoms with E-state index in [1.54, 1.807) is 0 Å². The van der Waals surface area contributed by atoms with E-state index >= 15 is 0 Å². The predicted octanol–water partition coefficient (Wildman–Crippen LogP) is 3.49. The number of benzene rings is 2. The highest BCUT2D eigenvalue weighted by atomic mass is 19.1. The van der Waals surface area contributed by atoms with Crippen LogP contribution in [0.25, 0.3) is 0 Å². The fourth-order valence-electron chi connectivity index (χ4n) is 3.10. The summed E-state index contributed by atoms with van der Waals surface area (Å²) in [6.07, 6.45) is 0. The molecule has 6 heteroatoms. The monoisotopic (exact) mass is 354 g/mol. The second-order valence-electron chi connectivity index (χ2n) is 6.60. The van der Waals surface area contributed by atoms with Gasteiger partial charge in [-0.3, -0.25) is 19.3 Å². The van der Waals surface area contributed by atoms with Crippen molar-refractivity contribution in [3.8, 4) is 0 Å². The van der Waals surface area contributed by atoms with Gasteiger partial charge in [-0.05, 0) is 36.1 Å². The zero-order valence-corrected chi connectivity index (χ0v) is 14.8. The van der Waals surface area contributed by atoms with E-state index in [-0.39, 0.29) is 17.0 Å². The number of imide groups is 1. The van der Waals surface area contributed by atoms with Crippen molar-refractivity contribution < 1.29 is 18.8 Å². The summed E-state index contributed by atoms with van der Waals surface area (Å²) in [6, 6.07) is 9.58. The summed E-state index contributed by atoms with van der Waals surface area (Å²) in [5.74, 6) is -2.51. The Bertz CT molecular complexity index is 921. The smallest absolute Gasteiger partial charge is 0.265 e. The Morgan fingerprint density at radius 3 is 2.46 bits per heavy atom. The van der Waals surface area contributed by atoms with Crippen LogP contribution in [0.3, 0.4) is 0 Å². The molecule has 1 heterocycles. The molecule has 0 aliphatic carbocycles. The van der Waals surface area contributed by atoms with Gasteiger partial charge in [-0.1, -0.05) is 38.1 Å². The molecule has 3 amide bonds. The first-order valence-corrected chi connectivity index (χ1v) is 8.35. The van der Waals surface area contributed by atoms with Crippen molar-refractivity contribution in [2.45, 2.75) is 26.7 Å². The van der Waals surface area contributed by atoms with Crippen LogP contribution in [0.5, 0.6) is 0 Å². The molecule has 0 unspecified atom stereocenters. The molecule has 0 atom stereocenters. The fraction of sp³-hybridized carbons (Fsp3) is 0.250. The van der Waals surface area contributed by atoms with Crippen molar-refractivity contribution in [3.05, 3.63) is 64.5 Å². The average molecular weight is 354 g/mol. The van der Waals surface area contributed by atoms with Crippen molar-refractivity contribution in [3.63, 3.8) is 0 Å². The van der Waals surface area contributed by atoms with Gasteiger partial charge in [0.05, 0.1) is 11.1 Å². The largest absolute Gasteiger partial charge is 0.324 e. The predicted molar refractivity (Wildman–Crippen MR) is 95.7 cm³/mol. The van der Waals surface area contributed by atoms with Crippen LogP contribution in [0.15, 0.2) is 36.4 Å². The van der Waals surface area contributed by atoms with Crippen LogP contribution in [0.4, 0.5) is 10.1 Å². The second-order valence-corrected chi connectivity index (χ2v) is 6.60. The highest BCUT2D eigenvalue weighted by Gasteiger charge is 2.38. The number of amides is 3. The minimum absolute atomic E-state index is 0.0124. The molecule has 3 rings (SSSR count). The molecule has 0 radical (unpaired) electrons. The van der Waals surface area contributed by atoms with Crippen LogP contribution < -0.4 is 5.32 Å². The molecule has 0 saturated heterocycles. The van der Waals surface area contributed by atoms with Gasteiger partial charge in [0.1, 0.15) is 12.4 Å². The van der Waals surface area contributed by atoms with Crippen molar-refractivity contribution in [2.24, 2.45) is 0 Å². The summed E-state index contributed by atoms with van der Waals surface area (Å²) in [5.41, 5.74) is 2.24. The Labute approximate surface area is 150 Å². The molecule has 2 aromatic rings. The van der Waals surface area contributed by atoms with Crippen LogP contribution in [0, 0.1) is 12.7 Å². The van der Waals surface area contributed by atoms with Crippen molar-refractivity contribution in [2.75, 3.05) is 11.9 Å². The van der Waals surface area contributed by atoms with Gasteiger partial charge in [0.2, 0.25) is 5.91 Å². The van der Waals surface area contributed by atoms with Gasteiger partial charge < -0.3 is 5.32 Å². The van der Waals surface area contributed by atoms with Gasteiger partial charge in [0.15, 0.2) is 0 Å². The third-order valence-electron chi connectivity index (χ3n) is 4.44. The maximum Gasteiger partial charge on any atom is 0.265 e. The first-order chi connectivity index (χ1) is 12.3. The van der Waals surface area contributed by atoms with E-state index in [2.05, 4.69) is 5.32 Å². The van der Waals surface area contributed by atoms with Crippen molar-refractivity contribution >= 4 is 23.4 Å². The molecule has 0 aromatic heterocycles. The highest BCUT2D eigenvalue weighted by molar-refractivity contribution is 6.22. The lowest BCUT2D eigenvalue weighted by Gasteiger charge is -2.18. The normalized spacial score (nSPS) is 13.3. The molecule has 1 N–H and O–H groups in total. The lowest BCUT2D eigenvalue weighted by atomic mass is 9.98. The summed E-state index contributed by atoms with van der Waals surface area (Å²) in [4.78, 5) is 37.9. The molecule has 0 fully saturated rings. The summed E-state index contributed by atoms with van der Waals surface area (Å²) in [7, 11) is 0. The number of nitrogens with zero attached hydrogens (tertiary/aromatic N) is 1. The number of carbonyl (C=O) groups is 3. The maximum absolute atomic E-state index is 13.9. The zero-order valence-electron chi connectivity index (χ0n) is 14.8.